The number of nitrogens with zero attached hydrogens (tertiary/aromatic N) is 2. The topological polar surface area (TPSA) is 80.2 Å². The number of halogens is 1. The Morgan fingerprint density at radius 3 is 1.50 bits per heavy atom. The van der Waals surface area contributed by atoms with Gasteiger partial charge in [0.15, 0.2) is 0 Å². The molecule has 0 saturated carbocycles. The SMILES string of the molecule is O=C(Cl)c1ccncc1.O=C(O)c1ccncc1. The second kappa shape index (κ2) is 7.13. The summed E-state index contributed by atoms with van der Waals surface area (Å²) in [5, 5.41) is 7.91. The van der Waals surface area contributed by atoms with Crippen LogP contribution in [0.15, 0.2) is 49.1 Å². The molecule has 92 valence electrons. The molecule has 0 fully saturated rings. The Morgan fingerprint density at radius 2 is 1.28 bits per heavy atom. The Kier molecular flexibility index (Phi) is 5.47. The van der Waals surface area contributed by atoms with Crippen molar-refractivity contribution in [1.82, 2.24) is 9.97 Å². The Balaban J connectivity index is 0.000000180. The molecule has 1 N–H and O–H groups in total. The van der Waals surface area contributed by atoms with Crippen LogP contribution in [0.1, 0.15) is 20.7 Å². The summed E-state index contributed by atoms with van der Waals surface area (Å²) in [4.78, 5) is 27.9. The van der Waals surface area contributed by atoms with Gasteiger partial charge in [0.1, 0.15) is 0 Å². The van der Waals surface area contributed by atoms with E-state index in [4.69, 9.17) is 16.7 Å². The highest BCUT2D eigenvalue weighted by atomic mass is 35.5. The smallest absolute Gasteiger partial charge is 0.335 e. The fourth-order valence-corrected chi connectivity index (χ4v) is 1.10. The third kappa shape index (κ3) is 4.71. The molecular formula is C12H9ClN2O3. The van der Waals surface area contributed by atoms with E-state index in [1.54, 1.807) is 12.1 Å². The molecule has 0 aliphatic rings. The molecule has 0 radical (unpaired) electrons. The van der Waals surface area contributed by atoms with Crippen LogP contribution in [0.4, 0.5) is 0 Å². The lowest BCUT2D eigenvalue weighted by molar-refractivity contribution is 0.0696. The molecule has 2 aromatic rings. The quantitative estimate of drug-likeness (QED) is 0.842. The van der Waals surface area contributed by atoms with Gasteiger partial charge in [-0.15, -0.1) is 0 Å². The third-order valence-corrected chi connectivity index (χ3v) is 2.05. The lowest BCUT2D eigenvalue weighted by Crippen LogP contribution is -1.94. The van der Waals surface area contributed by atoms with Crippen molar-refractivity contribution in [3.05, 3.63) is 60.2 Å². The number of aromatic carboxylic acids is 1. The molecule has 6 heteroatoms. The van der Waals surface area contributed by atoms with Crippen molar-refractivity contribution in [3.8, 4) is 0 Å². The van der Waals surface area contributed by atoms with Gasteiger partial charge in [-0.05, 0) is 35.9 Å². The minimum atomic E-state index is -0.919. The Morgan fingerprint density at radius 1 is 0.889 bits per heavy atom. The normalized spacial score (nSPS) is 8.94. The lowest BCUT2D eigenvalue weighted by atomic mass is 10.3. The second-order valence-electron chi connectivity index (χ2n) is 3.05. The van der Waals surface area contributed by atoms with Crippen molar-refractivity contribution in [3.63, 3.8) is 0 Å². The molecule has 0 atom stereocenters. The van der Waals surface area contributed by atoms with Crippen LogP contribution in [-0.4, -0.2) is 26.3 Å². The molecule has 2 rings (SSSR count). The highest BCUT2D eigenvalue weighted by Crippen LogP contribution is 1.99. The fourth-order valence-electron chi connectivity index (χ4n) is 0.977. The van der Waals surface area contributed by atoms with E-state index >= 15 is 0 Å². The van der Waals surface area contributed by atoms with Crippen molar-refractivity contribution in [1.29, 1.82) is 0 Å². The van der Waals surface area contributed by atoms with Gasteiger partial charge in [-0.25, -0.2) is 4.79 Å². The van der Waals surface area contributed by atoms with Crippen LogP contribution >= 0.6 is 11.6 Å². The molecule has 2 heterocycles. The first-order chi connectivity index (χ1) is 8.61. The van der Waals surface area contributed by atoms with Crippen molar-refractivity contribution < 1.29 is 14.7 Å². The zero-order valence-corrected chi connectivity index (χ0v) is 9.91. The minimum absolute atomic E-state index is 0.269. The summed E-state index contributed by atoms with van der Waals surface area (Å²) in [7, 11) is 0. The number of pyridine rings is 2. The second-order valence-corrected chi connectivity index (χ2v) is 3.39. The zero-order valence-electron chi connectivity index (χ0n) is 9.15. The maximum Gasteiger partial charge on any atom is 0.335 e. The molecular weight excluding hydrogens is 256 g/mol. The molecule has 0 aliphatic carbocycles. The van der Waals surface area contributed by atoms with Gasteiger partial charge >= 0.3 is 5.97 Å². The summed E-state index contributed by atoms with van der Waals surface area (Å²) in [5.41, 5.74) is 0.747. The first kappa shape index (κ1) is 13.8. The Hall–Kier alpha value is -2.27. The van der Waals surface area contributed by atoms with Crippen LogP contribution in [-0.2, 0) is 0 Å². The van der Waals surface area contributed by atoms with Crippen molar-refractivity contribution >= 4 is 22.8 Å². The summed E-state index contributed by atoms with van der Waals surface area (Å²) in [5.74, 6) is -0.919. The van der Waals surface area contributed by atoms with Crippen molar-refractivity contribution in [2.45, 2.75) is 0 Å². The predicted octanol–water partition coefficient (Wildman–Crippen LogP) is 2.24. The van der Waals surface area contributed by atoms with E-state index < -0.39 is 11.2 Å². The van der Waals surface area contributed by atoms with E-state index in [1.807, 2.05) is 0 Å². The minimum Gasteiger partial charge on any atom is -0.478 e. The standard InChI is InChI=1S/C6H4ClNO.C6H5NO2/c7-6(9)5-1-3-8-4-2-5;8-6(9)5-1-3-7-4-2-5/h1-4H;1-4H,(H,8,9). The first-order valence-electron chi connectivity index (χ1n) is 4.84. The third-order valence-electron chi connectivity index (χ3n) is 1.83. The van der Waals surface area contributed by atoms with E-state index in [0.29, 0.717) is 5.56 Å². The van der Waals surface area contributed by atoms with Gasteiger partial charge < -0.3 is 5.11 Å². The number of hydrogen-bond donors (Lipinski definition) is 1. The van der Waals surface area contributed by atoms with E-state index in [2.05, 4.69) is 9.97 Å². The van der Waals surface area contributed by atoms with Crippen LogP contribution in [0.25, 0.3) is 0 Å². The monoisotopic (exact) mass is 264 g/mol. The first-order valence-corrected chi connectivity index (χ1v) is 5.22. The average Bonchev–Trinajstić information content (AvgIpc) is 2.41. The molecule has 2 aromatic heterocycles. The lowest BCUT2D eigenvalue weighted by Gasteiger charge is -1.87. The Labute approximate surface area is 108 Å². The molecule has 5 nitrogen and oxygen atoms in total. The molecule has 0 spiro atoms. The van der Waals surface area contributed by atoms with Gasteiger partial charge in [-0.1, -0.05) is 0 Å². The number of carboxylic acid groups (broad SMARTS) is 1. The van der Waals surface area contributed by atoms with Gasteiger partial charge in [0.05, 0.1) is 5.56 Å². The Bertz CT molecular complexity index is 468. The summed E-state index contributed by atoms with van der Waals surface area (Å²) in [6.45, 7) is 0. The van der Waals surface area contributed by atoms with Crippen molar-refractivity contribution in [2.24, 2.45) is 0 Å². The number of carbonyl (C=O) groups is 2. The van der Waals surface area contributed by atoms with Gasteiger partial charge in [-0.2, -0.15) is 0 Å². The number of rotatable bonds is 2. The van der Waals surface area contributed by atoms with E-state index in [1.165, 1.54) is 36.9 Å². The molecule has 0 aromatic carbocycles. The van der Waals surface area contributed by atoms with Crippen LogP contribution in [0.2, 0.25) is 0 Å². The molecule has 18 heavy (non-hydrogen) atoms. The maximum absolute atomic E-state index is 10.4. The molecule has 0 aliphatic heterocycles. The van der Waals surface area contributed by atoms with E-state index in [9.17, 15) is 9.59 Å². The van der Waals surface area contributed by atoms with Crippen LogP contribution < -0.4 is 0 Å². The number of hydrogen-bond acceptors (Lipinski definition) is 4. The summed E-state index contributed by atoms with van der Waals surface area (Å²) < 4.78 is 0. The van der Waals surface area contributed by atoms with Gasteiger partial charge in [-0.3, -0.25) is 14.8 Å². The highest BCUT2D eigenvalue weighted by Gasteiger charge is 1.97. The van der Waals surface area contributed by atoms with Crippen molar-refractivity contribution in [2.75, 3.05) is 0 Å². The van der Waals surface area contributed by atoms with Gasteiger partial charge in [0, 0.05) is 30.4 Å². The van der Waals surface area contributed by atoms with Crippen LogP contribution in [0, 0.1) is 0 Å². The fraction of sp³-hybridized carbons (Fsp3) is 0. The summed E-state index contributed by atoms with van der Waals surface area (Å²) in [6, 6.07) is 6.02. The number of aromatic nitrogens is 2. The van der Waals surface area contributed by atoms with Gasteiger partial charge in [0.2, 0.25) is 0 Å². The summed E-state index contributed by atoms with van der Waals surface area (Å²) in [6.07, 6.45) is 5.94. The largest absolute Gasteiger partial charge is 0.478 e. The van der Waals surface area contributed by atoms with Gasteiger partial charge in [0.25, 0.3) is 5.24 Å². The zero-order chi connectivity index (χ0) is 13.4. The number of carboxylic acids is 1. The maximum atomic E-state index is 10.4. The highest BCUT2D eigenvalue weighted by molar-refractivity contribution is 6.67. The molecule has 0 saturated heterocycles. The predicted molar refractivity (Wildman–Crippen MR) is 65.6 cm³/mol. The van der Waals surface area contributed by atoms with Crippen LogP contribution in [0.3, 0.4) is 0 Å². The van der Waals surface area contributed by atoms with E-state index in [0.717, 1.165) is 0 Å². The molecule has 0 bridgehead atoms. The van der Waals surface area contributed by atoms with Crippen LogP contribution in [0.5, 0.6) is 0 Å². The average molecular weight is 265 g/mol. The molecule has 0 amide bonds. The molecule has 0 unspecified atom stereocenters. The summed E-state index contributed by atoms with van der Waals surface area (Å²) >= 11 is 5.14. The number of carbonyl (C=O) groups excluding carboxylic acids is 1. The van der Waals surface area contributed by atoms with E-state index in [-0.39, 0.29) is 5.56 Å².